The standard InChI is InChI=1S/C21H18F3N3O2S/c22-21(23,24)16-6-3-5-15(12-16)20-25-18(29-26-20)13-30-11-9-19(28)27-10-8-14-4-1-2-7-17(14)27/h1-7,12H,8-11,13H2. The highest BCUT2D eigenvalue weighted by atomic mass is 32.2. The predicted molar refractivity (Wildman–Crippen MR) is 108 cm³/mol. The van der Waals surface area contributed by atoms with Crippen LogP contribution in [-0.4, -0.2) is 28.3 Å². The van der Waals surface area contributed by atoms with Crippen LogP contribution in [0.15, 0.2) is 53.1 Å². The molecule has 4 rings (SSSR count). The summed E-state index contributed by atoms with van der Waals surface area (Å²) in [4.78, 5) is 18.5. The van der Waals surface area contributed by atoms with E-state index in [0.29, 0.717) is 30.4 Å². The van der Waals surface area contributed by atoms with E-state index >= 15 is 0 Å². The van der Waals surface area contributed by atoms with E-state index in [4.69, 9.17) is 4.52 Å². The zero-order valence-corrected chi connectivity index (χ0v) is 16.7. The number of alkyl halides is 3. The van der Waals surface area contributed by atoms with Gasteiger partial charge in [-0.2, -0.15) is 29.9 Å². The molecule has 0 radical (unpaired) electrons. The Morgan fingerprint density at radius 2 is 2.00 bits per heavy atom. The summed E-state index contributed by atoms with van der Waals surface area (Å²) >= 11 is 1.47. The molecule has 1 aliphatic heterocycles. The van der Waals surface area contributed by atoms with Gasteiger partial charge < -0.3 is 9.42 Å². The number of fused-ring (bicyclic) bond motifs is 1. The summed E-state index contributed by atoms with van der Waals surface area (Å²) in [5.41, 5.74) is 1.65. The van der Waals surface area contributed by atoms with Crippen molar-refractivity contribution in [2.45, 2.75) is 24.8 Å². The Morgan fingerprint density at radius 1 is 1.17 bits per heavy atom. The maximum Gasteiger partial charge on any atom is 0.416 e. The van der Waals surface area contributed by atoms with E-state index in [-0.39, 0.29) is 17.3 Å². The van der Waals surface area contributed by atoms with Gasteiger partial charge in [-0.15, -0.1) is 0 Å². The molecular formula is C21H18F3N3O2S. The lowest BCUT2D eigenvalue weighted by Crippen LogP contribution is -2.29. The molecule has 30 heavy (non-hydrogen) atoms. The Hall–Kier alpha value is -2.81. The molecule has 1 aliphatic rings. The molecule has 0 saturated heterocycles. The van der Waals surface area contributed by atoms with Crippen LogP contribution in [0.25, 0.3) is 11.4 Å². The van der Waals surface area contributed by atoms with Crippen molar-refractivity contribution in [3.05, 3.63) is 65.5 Å². The largest absolute Gasteiger partial charge is 0.416 e. The summed E-state index contributed by atoms with van der Waals surface area (Å²) in [6, 6.07) is 12.7. The van der Waals surface area contributed by atoms with Crippen LogP contribution in [0.2, 0.25) is 0 Å². The number of halogens is 3. The minimum Gasteiger partial charge on any atom is -0.338 e. The maximum absolute atomic E-state index is 12.9. The number of benzene rings is 2. The number of hydrogen-bond acceptors (Lipinski definition) is 5. The third-order valence-corrected chi connectivity index (χ3v) is 5.73. The lowest BCUT2D eigenvalue weighted by molar-refractivity contribution is -0.137. The third-order valence-electron chi connectivity index (χ3n) is 4.79. The number of carbonyl (C=O) groups excluding carboxylic acids is 1. The molecule has 0 saturated carbocycles. The van der Waals surface area contributed by atoms with Crippen LogP contribution < -0.4 is 4.90 Å². The van der Waals surface area contributed by atoms with E-state index in [9.17, 15) is 18.0 Å². The lowest BCUT2D eigenvalue weighted by atomic mass is 10.1. The fourth-order valence-corrected chi connectivity index (χ4v) is 4.07. The third kappa shape index (κ3) is 4.51. The van der Waals surface area contributed by atoms with Gasteiger partial charge in [-0.25, -0.2) is 0 Å². The molecule has 0 atom stereocenters. The van der Waals surface area contributed by atoms with E-state index < -0.39 is 11.7 Å². The number of hydrogen-bond donors (Lipinski definition) is 0. The van der Waals surface area contributed by atoms with Crippen LogP contribution in [0.4, 0.5) is 18.9 Å². The second kappa shape index (κ2) is 8.51. The molecular weight excluding hydrogens is 415 g/mol. The van der Waals surface area contributed by atoms with Gasteiger partial charge in [0.1, 0.15) is 0 Å². The van der Waals surface area contributed by atoms with Crippen molar-refractivity contribution in [1.82, 2.24) is 10.1 Å². The quantitative estimate of drug-likeness (QED) is 0.514. The monoisotopic (exact) mass is 433 g/mol. The second-order valence-electron chi connectivity index (χ2n) is 6.82. The van der Waals surface area contributed by atoms with Gasteiger partial charge in [0.25, 0.3) is 0 Å². The molecule has 0 spiro atoms. The Kier molecular flexibility index (Phi) is 5.80. The minimum atomic E-state index is -4.43. The number of carbonyl (C=O) groups is 1. The fourth-order valence-electron chi connectivity index (χ4n) is 3.32. The highest BCUT2D eigenvalue weighted by Gasteiger charge is 2.30. The van der Waals surface area contributed by atoms with E-state index in [0.717, 1.165) is 24.2 Å². The van der Waals surface area contributed by atoms with Crippen LogP contribution in [0, 0.1) is 0 Å². The van der Waals surface area contributed by atoms with Gasteiger partial charge in [0.05, 0.1) is 11.3 Å². The Balaban J connectivity index is 1.29. The number of rotatable bonds is 6. The van der Waals surface area contributed by atoms with Crippen molar-refractivity contribution < 1.29 is 22.5 Å². The van der Waals surface area contributed by atoms with Crippen molar-refractivity contribution in [2.75, 3.05) is 17.2 Å². The smallest absolute Gasteiger partial charge is 0.338 e. The minimum absolute atomic E-state index is 0.0719. The number of nitrogens with zero attached hydrogens (tertiary/aromatic N) is 3. The fraction of sp³-hybridized carbons (Fsp3) is 0.286. The molecule has 5 nitrogen and oxygen atoms in total. The van der Waals surface area contributed by atoms with Gasteiger partial charge in [-0.3, -0.25) is 4.79 Å². The number of aromatic nitrogens is 2. The first kappa shape index (κ1) is 20.5. The molecule has 2 heterocycles. The first-order valence-electron chi connectivity index (χ1n) is 9.38. The van der Waals surface area contributed by atoms with E-state index in [1.807, 2.05) is 29.2 Å². The van der Waals surface area contributed by atoms with Crippen LogP contribution in [0.5, 0.6) is 0 Å². The molecule has 9 heteroatoms. The Labute approximate surface area is 175 Å². The van der Waals surface area contributed by atoms with Crippen LogP contribution in [0.1, 0.15) is 23.4 Å². The number of thioether (sulfide) groups is 1. The molecule has 1 aromatic heterocycles. The summed E-state index contributed by atoms with van der Waals surface area (Å²) in [6.07, 6.45) is -3.18. The first-order chi connectivity index (χ1) is 14.4. The van der Waals surface area contributed by atoms with Crippen LogP contribution in [0.3, 0.4) is 0 Å². The van der Waals surface area contributed by atoms with Gasteiger partial charge in [-0.05, 0) is 30.2 Å². The van der Waals surface area contributed by atoms with E-state index in [1.54, 1.807) is 0 Å². The summed E-state index contributed by atoms with van der Waals surface area (Å²) in [5.74, 6) is 1.46. The normalized spacial score (nSPS) is 13.5. The summed E-state index contributed by atoms with van der Waals surface area (Å²) in [5, 5.41) is 3.77. The Bertz CT molecular complexity index is 1050. The number of para-hydroxylation sites is 1. The van der Waals surface area contributed by atoms with Crippen molar-refractivity contribution in [2.24, 2.45) is 0 Å². The number of amides is 1. The topological polar surface area (TPSA) is 59.2 Å². The summed E-state index contributed by atoms with van der Waals surface area (Å²) in [6.45, 7) is 0.701. The molecule has 3 aromatic rings. The number of anilines is 1. The molecule has 0 N–H and O–H groups in total. The van der Waals surface area contributed by atoms with Crippen LogP contribution >= 0.6 is 11.8 Å². The highest BCUT2D eigenvalue weighted by Crippen LogP contribution is 2.32. The molecule has 0 aliphatic carbocycles. The molecule has 2 aromatic carbocycles. The van der Waals surface area contributed by atoms with Crippen LogP contribution in [-0.2, 0) is 23.1 Å². The zero-order valence-electron chi connectivity index (χ0n) is 15.9. The first-order valence-corrected chi connectivity index (χ1v) is 10.5. The van der Waals surface area contributed by atoms with Gasteiger partial charge >= 0.3 is 6.18 Å². The molecule has 0 bridgehead atoms. The van der Waals surface area contributed by atoms with Gasteiger partial charge in [0.2, 0.25) is 17.6 Å². The van der Waals surface area contributed by atoms with Crippen molar-refractivity contribution in [3.8, 4) is 11.4 Å². The van der Waals surface area contributed by atoms with Crippen molar-refractivity contribution in [3.63, 3.8) is 0 Å². The average Bonchev–Trinajstić information content (AvgIpc) is 3.38. The summed E-state index contributed by atoms with van der Waals surface area (Å²) < 4.78 is 43.7. The predicted octanol–water partition coefficient (Wildman–Crippen LogP) is 4.97. The summed E-state index contributed by atoms with van der Waals surface area (Å²) in [7, 11) is 0. The molecule has 0 fully saturated rings. The molecule has 0 unspecified atom stereocenters. The maximum atomic E-state index is 12.9. The van der Waals surface area contributed by atoms with Gasteiger partial charge in [-0.1, -0.05) is 35.5 Å². The molecule has 1 amide bonds. The van der Waals surface area contributed by atoms with E-state index in [1.165, 1.54) is 29.5 Å². The van der Waals surface area contributed by atoms with Crippen molar-refractivity contribution in [1.29, 1.82) is 0 Å². The Morgan fingerprint density at radius 3 is 2.83 bits per heavy atom. The molecule has 156 valence electrons. The second-order valence-corrected chi connectivity index (χ2v) is 7.92. The van der Waals surface area contributed by atoms with Crippen molar-refractivity contribution >= 4 is 23.4 Å². The average molecular weight is 433 g/mol. The van der Waals surface area contributed by atoms with E-state index in [2.05, 4.69) is 10.1 Å². The lowest BCUT2D eigenvalue weighted by Gasteiger charge is -2.16. The SMILES string of the molecule is O=C(CCSCc1nc(-c2cccc(C(F)(F)F)c2)no1)N1CCc2ccccc21. The highest BCUT2D eigenvalue weighted by molar-refractivity contribution is 7.98. The van der Waals surface area contributed by atoms with Gasteiger partial charge in [0, 0.05) is 30.0 Å². The van der Waals surface area contributed by atoms with Gasteiger partial charge in [0.15, 0.2) is 0 Å². The zero-order chi connectivity index (χ0) is 21.1.